The van der Waals surface area contributed by atoms with Crippen LogP contribution in [0.2, 0.25) is 0 Å². The summed E-state index contributed by atoms with van der Waals surface area (Å²) in [6.45, 7) is 2.00. The average molecular weight is 238 g/mol. The Morgan fingerprint density at radius 3 is 3.06 bits per heavy atom. The maximum atomic E-state index is 5.60. The van der Waals surface area contributed by atoms with Crippen molar-refractivity contribution in [1.82, 2.24) is 9.97 Å². The van der Waals surface area contributed by atoms with Crippen LogP contribution in [0.25, 0.3) is 0 Å². The zero-order valence-electron chi connectivity index (χ0n) is 9.73. The number of nitrogens with one attached hydrogen (secondary N) is 1. The lowest BCUT2D eigenvalue weighted by atomic mass is 10.2. The molecule has 2 unspecified atom stereocenters. The van der Waals surface area contributed by atoms with Crippen LogP contribution in [0.3, 0.4) is 0 Å². The second kappa shape index (κ2) is 4.91. The first-order chi connectivity index (χ1) is 7.70. The number of thioether (sulfide) groups is 1. The molecule has 0 bridgehead atoms. The molecule has 0 spiro atoms. The van der Waals surface area contributed by atoms with E-state index in [-0.39, 0.29) is 0 Å². The van der Waals surface area contributed by atoms with Gasteiger partial charge in [0, 0.05) is 23.1 Å². The van der Waals surface area contributed by atoms with E-state index in [1.807, 2.05) is 18.7 Å². The van der Waals surface area contributed by atoms with Crippen LogP contribution in [-0.4, -0.2) is 27.5 Å². The Balaban J connectivity index is 2.11. The molecule has 0 saturated heterocycles. The average Bonchev–Trinajstić information content (AvgIpc) is 2.71. The van der Waals surface area contributed by atoms with Crippen LogP contribution in [0.15, 0.2) is 6.20 Å². The molecule has 0 aromatic carbocycles. The first-order valence-corrected chi connectivity index (χ1v) is 6.88. The first-order valence-electron chi connectivity index (χ1n) is 5.59. The molecule has 88 valence electrons. The van der Waals surface area contributed by atoms with Crippen molar-refractivity contribution in [2.45, 2.75) is 37.5 Å². The van der Waals surface area contributed by atoms with Gasteiger partial charge in [0.25, 0.3) is 0 Å². The van der Waals surface area contributed by atoms with Crippen LogP contribution in [0, 0.1) is 6.92 Å². The highest BCUT2D eigenvalue weighted by Gasteiger charge is 2.26. The molecular formula is C11H18N4S. The highest BCUT2D eigenvalue weighted by Crippen LogP contribution is 2.30. The van der Waals surface area contributed by atoms with Crippen LogP contribution in [0.4, 0.5) is 11.8 Å². The summed E-state index contributed by atoms with van der Waals surface area (Å²) in [4.78, 5) is 8.23. The minimum atomic E-state index is 0.340. The lowest BCUT2D eigenvalue weighted by molar-refractivity contribution is 0.761. The van der Waals surface area contributed by atoms with E-state index in [1.165, 1.54) is 19.3 Å². The third-order valence-electron chi connectivity index (χ3n) is 3.07. The van der Waals surface area contributed by atoms with Gasteiger partial charge in [0.15, 0.2) is 0 Å². The third kappa shape index (κ3) is 2.40. The topological polar surface area (TPSA) is 63.8 Å². The molecule has 1 aromatic rings. The van der Waals surface area contributed by atoms with Crippen molar-refractivity contribution >= 4 is 23.5 Å². The smallest absolute Gasteiger partial charge is 0.221 e. The Kier molecular flexibility index (Phi) is 3.53. The van der Waals surface area contributed by atoms with Crippen molar-refractivity contribution in [1.29, 1.82) is 0 Å². The molecule has 2 atom stereocenters. The highest BCUT2D eigenvalue weighted by atomic mass is 32.2. The van der Waals surface area contributed by atoms with E-state index < -0.39 is 0 Å². The zero-order chi connectivity index (χ0) is 11.5. The molecule has 5 heteroatoms. The SMILES string of the molecule is CSC1CCCC1Nc1nc(N)ncc1C. The van der Waals surface area contributed by atoms with Crippen LogP contribution in [0.5, 0.6) is 0 Å². The van der Waals surface area contributed by atoms with Crippen molar-refractivity contribution in [3.63, 3.8) is 0 Å². The second-order valence-corrected chi connectivity index (χ2v) is 5.29. The Morgan fingerprint density at radius 1 is 1.50 bits per heavy atom. The molecule has 1 aromatic heterocycles. The number of nitrogens with zero attached hydrogens (tertiary/aromatic N) is 2. The zero-order valence-corrected chi connectivity index (χ0v) is 10.5. The normalized spacial score (nSPS) is 24.6. The predicted molar refractivity (Wildman–Crippen MR) is 69.7 cm³/mol. The molecule has 1 fully saturated rings. The summed E-state index contributed by atoms with van der Waals surface area (Å²) in [6, 6.07) is 0.517. The van der Waals surface area contributed by atoms with Crippen LogP contribution in [-0.2, 0) is 0 Å². The number of nitrogen functional groups attached to an aromatic ring is 1. The van der Waals surface area contributed by atoms with Gasteiger partial charge in [0.05, 0.1) is 0 Å². The van der Waals surface area contributed by atoms with Gasteiger partial charge >= 0.3 is 0 Å². The Labute approximate surface area is 100 Å². The van der Waals surface area contributed by atoms with Gasteiger partial charge in [-0.1, -0.05) is 6.42 Å². The third-order valence-corrected chi connectivity index (χ3v) is 4.24. The molecule has 1 aliphatic carbocycles. The second-order valence-electron chi connectivity index (χ2n) is 4.22. The van der Waals surface area contributed by atoms with Gasteiger partial charge in [-0.2, -0.15) is 16.7 Å². The van der Waals surface area contributed by atoms with Gasteiger partial charge in [-0.15, -0.1) is 0 Å². The predicted octanol–water partition coefficient (Wildman–Crippen LogP) is 2.06. The largest absolute Gasteiger partial charge is 0.368 e. The Bertz CT molecular complexity index is 369. The fraction of sp³-hybridized carbons (Fsp3) is 0.636. The van der Waals surface area contributed by atoms with Gasteiger partial charge in [0.2, 0.25) is 5.95 Å². The van der Waals surface area contributed by atoms with E-state index in [1.54, 1.807) is 6.20 Å². The number of aryl methyl sites for hydroxylation is 1. The van der Waals surface area contributed by atoms with E-state index >= 15 is 0 Å². The van der Waals surface area contributed by atoms with Crippen molar-refractivity contribution in [3.05, 3.63) is 11.8 Å². The molecule has 4 nitrogen and oxygen atoms in total. The minimum absolute atomic E-state index is 0.340. The summed E-state index contributed by atoms with van der Waals surface area (Å²) in [5.41, 5.74) is 6.66. The molecule has 0 radical (unpaired) electrons. The van der Waals surface area contributed by atoms with Gasteiger partial charge in [0.1, 0.15) is 5.82 Å². The number of anilines is 2. The van der Waals surface area contributed by atoms with Crippen molar-refractivity contribution in [2.75, 3.05) is 17.3 Å². The maximum Gasteiger partial charge on any atom is 0.221 e. The van der Waals surface area contributed by atoms with Crippen molar-refractivity contribution in [2.24, 2.45) is 0 Å². The van der Waals surface area contributed by atoms with Crippen LogP contribution < -0.4 is 11.1 Å². The van der Waals surface area contributed by atoms with Crippen LogP contribution in [0.1, 0.15) is 24.8 Å². The number of hydrogen-bond donors (Lipinski definition) is 2. The standard InChI is InChI=1S/C11H18N4S/c1-7-6-13-11(12)15-10(7)14-8-4-3-5-9(8)16-2/h6,8-9H,3-5H2,1-2H3,(H3,12,13,14,15). The molecule has 1 saturated carbocycles. The lowest BCUT2D eigenvalue weighted by Gasteiger charge is -2.20. The van der Waals surface area contributed by atoms with Gasteiger partial charge in [-0.05, 0) is 26.0 Å². The quantitative estimate of drug-likeness (QED) is 0.844. The monoisotopic (exact) mass is 238 g/mol. The van der Waals surface area contributed by atoms with E-state index in [2.05, 4.69) is 21.5 Å². The Morgan fingerprint density at radius 2 is 2.31 bits per heavy atom. The van der Waals surface area contributed by atoms with Gasteiger partial charge in [-0.25, -0.2) is 4.98 Å². The molecular weight excluding hydrogens is 220 g/mol. The molecule has 1 aliphatic rings. The summed E-state index contributed by atoms with van der Waals surface area (Å²) in [7, 11) is 0. The van der Waals surface area contributed by atoms with E-state index in [4.69, 9.17) is 5.73 Å². The lowest BCUT2D eigenvalue weighted by Crippen LogP contribution is -2.26. The fourth-order valence-electron chi connectivity index (χ4n) is 2.15. The first kappa shape index (κ1) is 11.5. The maximum absolute atomic E-state index is 5.60. The molecule has 16 heavy (non-hydrogen) atoms. The molecule has 0 aliphatic heterocycles. The van der Waals surface area contributed by atoms with E-state index in [9.17, 15) is 0 Å². The minimum Gasteiger partial charge on any atom is -0.368 e. The van der Waals surface area contributed by atoms with Crippen molar-refractivity contribution in [3.8, 4) is 0 Å². The van der Waals surface area contributed by atoms with E-state index in [0.29, 0.717) is 17.2 Å². The number of nitrogens with two attached hydrogens (primary N) is 1. The summed E-state index contributed by atoms with van der Waals surface area (Å²) < 4.78 is 0. The highest BCUT2D eigenvalue weighted by molar-refractivity contribution is 7.99. The fourth-order valence-corrected chi connectivity index (χ4v) is 3.09. The summed E-state index contributed by atoms with van der Waals surface area (Å²) in [5, 5.41) is 4.19. The van der Waals surface area contributed by atoms with Gasteiger partial charge < -0.3 is 11.1 Å². The summed E-state index contributed by atoms with van der Waals surface area (Å²) in [5.74, 6) is 1.23. The van der Waals surface area contributed by atoms with Gasteiger partial charge in [-0.3, -0.25) is 0 Å². The Hall–Kier alpha value is -0.970. The van der Waals surface area contributed by atoms with Crippen molar-refractivity contribution < 1.29 is 0 Å². The number of rotatable bonds is 3. The number of hydrogen-bond acceptors (Lipinski definition) is 5. The number of aromatic nitrogens is 2. The van der Waals surface area contributed by atoms with E-state index in [0.717, 1.165) is 11.4 Å². The summed E-state index contributed by atoms with van der Waals surface area (Å²) >= 11 is 1.93. The molecule has 3 N–H and O–H groups in total. The molecule has 2 rings (SSSR count). The van der Waals surface area contributed by atoms with Crippen LogP contribution >= 0.6 is 11.8 Å². The molecule has 0 amide bonds. The molecule has 1 heterocycles. The summed E-state index contributed by atoms with van der Waals surface area (Å²) in [6.07, 6.45) is 7.75.